The highest BCUT2D eigenvalue weighted by Crippen LogP contribution is 2.42. The fourth-order valence-corrected chi connectivity index (χ4v) is 2.28. The zero-order valence-electron chi connectivity index (χ0n) is 12.8. The molecule has 0 amide bonds. The van der Waals surface area contributed by atoms with Gasteiger partial charge < -0.3 is 4.74 Å². The second-order valence-electron chi connectivity index (χ2n) is 5.29. The van der Waals surface area contributed by atoms with Gasteiger partial charge in [-0.3, -0.25) is 9.59 Å². The predicted octanol–water partition coefficient (Wildman–Crippen LogP) is 4.54. The first-order chi connectivity index (χ1) is 10.9. The van der Waals surface area contributed by atoms with Crippen molar-refractivity contribution in [3.63, 3.8) is 0 Å². The molecule has 1 aromatic heterocycles. The van der Waals surface area contributed by atoms with E-state index in [1.165, 1.54) is 0 Å². The minimum atomic E-state index is -5.17. The fourth-order valence-electron chi connectivity index (χ4n) is 2.06. The van der Waals surface area contributed by atoms with E-state index in [1.54, 1.807) is 13.8 Å². The van der Waals surface area contributed by atoms with Crippen LogP contribution in [0.5, 0.6) is 5.75 Å². The van der Waals surface area contributed by atoms with E-state index in [4.69, 9.17) is 11.6 Å². The highest BCUT2D eigenvalue weighted by Gasteiger charge is 2.42. The molecule has 1 heterocycles. The number of alkyl halides is 5. The minimum absolute atomic E-state index is 0.248. The van der Waals surface area contributed by atoms with Crippen molar-refractivity contribution >= 4 is 22.8 Å². The normalized spacial score (nSPS) is 12.0. The first-order valence-electron chi connectivity index (χ1n) is 6.66. The fraction of sp³-hybridized carbons (Fsp3) is 0.500. The summed E-state index contributed by atoms with van der Waals surface area (Å²) in [4.78, 5) is 25.5. The number of halogens is 6. The average Bonchev–Trinajstić information content (AvgIpc) is 2.36. The Hall–Kier alpha value is -1.77. The van der Waals surface area contributed by atoms with Crippen molar-refractivity contribution in [1.82, 2.24) is 4.98 Å². The Kier molecular flexibility index (Phi) is 6.26. The molecule has 0 bridgehead atoms. The number of nitrogens with zero attached hydrogens (tertiary/aromatic N) is 1. The smallest absolute Gasteiger partial charge is 0.424 e. The summed E-state index contributed by atoms with van der Waals surface area (Å²) in [6.45, 7) is 3.99. The van der Waals surface area contributed by atoms with Gasteiger partial charge in [0.05, 0.1) is 5.56 Å². The predicted molar refractivity (Wildman–Crippen MR) is 74.2 cm³/mol. The Balaban J connectivity index is 3.95. The number of carbonyl (C=O) groups is 2. The van der Waals surface area contributed by atoms with E-state index in [9.17, 15) is 31.5 Å². The Morgan fingerprint density at radius 2 is 1.79 bits per heavy atom. The lowest BCUT2D eigenvalue weighted by atomic mass is 9.95. The molecular formula is C14H13ClF5NO3. The summed E-state index contributed by atoms with van der Waals surface area (Å²) >= 11 is 5.28. The monoisotopic (exact) mass is 373 g/mol. The first-order valence-corrected chi connectivity index (χ1v) is 7.04. The largest absolute Gasteiger partial charge is 0.437 e. The summed E-state index contributed by atoms with van der Waals surface area (Å²) in [7, 11) is 0. The molecule has 0 radical (unpaired) electrons. The van der Waals surface area contributed by atoms with Crippen LogP contribution in [0.1, 0.15) is 54.5 Å². The molecule has 0 aliphatic rings. The highest BCUT2D eigenvalue weighted by molar-refractivity contribution is 6.68. The van der Waals surface area contributed by atoms with E-state index in [0.29, 0.717) is 0 Å². The molecule has 0 aromatic carbocycles. The van der Waals surface area contributed by atoms with E-state index < -0.39 is 52.1 Å². The van der Waals surface area contributed by atoms with Crippen LogP contribution in [0.4, 0.5) is 22.0 Å². The van der Waals surface area contributed by atoms with Crippen LogP contribution in [0.25, 0.3) is 0 Å². The number of hydrogen-bond donors (Lipinski definition) is 0. The topological polar surface area (TPSA) is 56.3 Å². The SMILES string of the molecule is CC(=O)Oc1c(C(F)(F)F)nc(C(F)F)c(C(=O)Cl)c1CC(C)C. The van der Waals surface area contributed by atoms with Crippen molar-refractivity contribution in [2.75, 3.05) is 0 Å². The lowest BCUT2D eigenvalue weighted by molar-refractivity contribution is -0.145. The second kappa shape index (κ2) is 7.42. The maximum atomic E-state index is 13.2. The van der Waals surface area contributed by atoms with E-state index in [-0.39, 0.29) is 12.3 Å². The summed E-state index contributed by atoms with van der Waals surface area (Å²) in [6, 6.07) is 0. The molecule has 10 heteroatoms. The Morgan fingerprint density at radius 3 is 2.12 bits per heavy atom. The Bertz CT molecular complexity index is 659. The van der Waals surface area contributed by atoms with E-state index in [0.717, 1.165) is 6.92 Å². The third kappa shape index (κ3) is 4.62. The van der Waals surface area contributed by atoms with Crippen molar-refractivity contribution in [2.24, 2.45) is 5.92 Å². The molecule has 0 aliphatic carbocycles. The zero-order chi connectivity index (χ0) is 18.8. The van der Waals surface area contributed by atoms with Gasteiger partial charge in [0.25, 0.3) is 11.7 Å². The van der Waals surface area contributed by atoms with Crippen LogP contribution in [0.15, 0.2) is 0 Å². The molecule has 0 N–H and O–H groups in total. The molecule has 0 saturated carbocycles. The zero-order valence-corrected chi connectivity index (χ0v) is 13.6. The third-order valence-electron chi connectivity index (χ3n) is 2.81. The number of ether oxygens (including phenoxy) is 1. The van der Waals surface area contributed by atoms with Crippen LogP contribution in [0.3, 0.4) is 0 Å². The van der Waals surface area contributed by atoms with Crippen LogP contribution in [0, 0.1) is 5.92 Å². The first kappa shape index (κ1) is 20.3. The van der Waals surface area contributed by atoms with Gasteiger partial charge in [0.15, 0.2) is 11.4 Å². The molecule has 0 atom stereocenters. The molecule has 0 aliphatic heterocycles. The molecule has 0 fully saturated rings. The van der Waals surface area contributed by atoms with Gasteiger partial charge in [0, 0.05) is 12.5 Å². The number of aromatic nitrogens is 1. The van der Waals surface area contributed by atoms with Gasteiger partial charge in [-0.05, 0) is 23.9 Å². The molecule has 1 rings (SSSR count). The van der Waals surface area contributed by atoms with Crippen LogP contribution in [-0.4, -0.2) is 16.2 Å². The quantitative estimate of drug-likeness (QED) is 0.432. The molecule has 0 unspecified atom stereocenters. The maximum absolute atomic E-state index is 13.2. The van der Waals surface area contributed by atoms with Crippen LogP contribution >= 0.6 is 11.6 Å². The van der Waals surface area contributed by atoms with Gasteiger partial charge in [0.2, 0.25) is 0 Å². The lowest BCUT2D eigenvalue weighted by Crippen LogP contribution is -2.21. The lowest BCUT2D eigenvalue weighted by Gasteiger charge is -2.20. The summed E-state index contributed by atoms with van der Waals surface area (Å²) in [5, 5.41) is -1.41. The van der Waals surface area contributed by atoms with Crippen LogP contribution < -0.4 is 4.74 Å². The van der Waals surface area contributed by atoms with Crippen molar-refractivity contribution in [1.29, 1.82) is 0 Å². The summed E-state index contributed by atoms with van der Waals surface area (Å²) in [6.07, 6.45) is -8.89. The van der Waals surface area contributed by atoms with Crippen molar-refractivity contribution in [3.8, 4) is 5.75 Å². The Morgan fingerprint density at radius 1 is 1.25 bits per heavy atom. The molecule has 134 valence electrons. The molecule has 1 aromatic rings. The van der Waals surface area contributed by atoms with Crippen molar-refractivity contribution in [2.45, 2.75) is 39.8 Å². The number of esters is 1. The van der Waals surface area contributed by atoms with Crippen LogP contribution in [-0.2, 0) is 17.4 Å². The minimum Gasteiger partial charge on any atom is -0.424 e. The van der Waals surface area contributed by atoms with Gasteiger partial charge in [-0.25, -0.2) is 13.8 Å². The van der Waals surface area contributed by atoms with E-state index in [1.807, 2.05) is 0 Å². The summed E-state index contributed by atoms with van der Waals surface area (Å²) in [5.41, 5.74) is -4.58. The standard InChI is InChI=1S/C14H13ClF5NO3/c1-5(2)4-7-8(12(15)23)9(13(16)17)21-11(14(18,19)20)10(7)24-6(3)22/h5,13H,4H2,1-3H3. The van der Waals surface area contributed by atoms with Gasteiger partial charge in [-0.15, -0.1) is 0 Å². The number of rotatable bonds is 5. The van der Waals surface area contributed by atoms with Gasteiger partial charge in [-0.2, -0.15) is 13.2 Å². The Labute approximate surface area is 139 Å². The number of carbonyl (C=O) groups excluding carboxylic acids is 2. The molecule has 0 spiro atoms. The highest BCUT2D eigenvalue weighted by atomic mass is 35.5. The average molecular weight is 374 g/mol. The molecule has 4 nitrogen and oxygen atoms in total. The number of hydrogen-bond acceptors (Lipinski definition) is 4. The van der Waals surface area contributed by atoms with Crippen LogP contribution in [0.2, 0.25) is 0 Å². The van der Waals surface area contributed by atoms with Gasteiger partial charge in [0.1, 0.15) is 5.69 Å². The molecule has 24 heavy (non-hydrogen) atoms. The van der Waals surface area contributed by atoms with Gasteiger partial charge >= 0.3 is 12.1 Å². The van der Waals surface area contributed by atoms with Crippen molar-refractivity contribution < 1.29 is 36.3 Å². The van der Waals surface area contributed by atoms with Gasteiger partial charge in [-0.1, -0.05) is 13.8 Å². The second-order valence-corrected chi connectivity index (χ2v) is 5.64. The third-order valence-corrected chi connectivity index (χ3v) is 3.00. The number of pyridine rings is 1. The molecule has 0 saturated heterocycles. The summed E-state index contributed by atoms with van der Waals surface area (Å²) in [5.74, 6) is -2.54. The maximum Gasteiger partial charge on any atom is 0.437 e. The molecular weight excluding hydrogens is 361 g/mol. The van der Waals surface area contributed by atoms with E-state index >= 15 is 0 Å². The summed E-state index contributed by atoms with van der Waals surface area (Å²) < 4.78 is 70.3. The van der Waals surface area contributed by atoms with Crippen molar-refractivity contribution in [3.05, 3.63) is 22.5 Å². The van der Waals surface area contributed by atoms with E-state index in [2.05, 4.69) is 9.72 Å².